The number of amides is 1. The standard InChI is InChI=1S/C40H52F2N4O5SSi/c1-27-10-14-34(52-27)37(49)46-25-39(51-40(41,42)26-46)17-20-45(21-18-39)24-29-9-7-8-28(22-29)16-19-43-23-33(50-53(5,6)38(2,3)4)30-11-13-32(47)36-31(30)12-15-35(48)44-36/h7-15,22,33,43,47H,16-21,23-26H2,1-6H3,(H,44,48)/t33-/m0/s1. The molecule has 2 aliphatic heterocycles. The molecule has 53 heavy (non-hydrogen) atoms. The van der Waals surface area contributed by atoms with Crippen molar-refractivity contribution in [2.45, 2.75) is 89.4 Å². The molecule has 2 aromatic heterocycles. The van der Waals surface area contributed by atoms with Crippen molar-refractivity contribution in [2.75, 3.05) is 39.3 Å². The van der Waals surface area contributed by atoms with Crippen molar-refractivity contribution in [2.24, 2.45) is 0 Å². The van der Waals surface area contributed by atoms with Crippen LogP contribution in [-0.4, -0.2) is 85.1 Å². The quantitative estimate of drug-likeness (QED) is 0.107. The fourth-order valence-corrected chi connectivity index (χ4v) is 9.24. The Morgan fingerprint density at radius 2 is 1.81 bits per heavy atom. The molecule has 1 spiro atoms. The molecule has 4 heterocycles. The number of phenols is 1. The highest BCUT2D eigenvalue weighted by atomic mass is 32.1. The zero-order chi connectivity index (χ0) is 38.2. The molecular formula is C40H52F2N4O5SSi. The van der Waals surface area contributed by atoms with Gasteiger partial charge in [-0.3, -0.25) is 14.5 Å². The van der Waals surface area contributed by atoms with Crippen molar-refractivity contribution in [1.29, 1.82) is 0 Å². The Morgan fingerprint density at radius 3 is 2.51 bits per heavy atom. The first kappa shape index (κ1) is 39.2. The summed E-state index contributed by atoms with van der Waals surface area (Å²) in [5.41, 5.74) is 2.32. The summed E-state index contributed by atoms with van der Waals surface area (Å²) in [6.07, 6.45) is -2.05. The Labute approximate surface area is 315 Å². The van der Waals surface area contributed by atoms with Gasteiger partial charge >= 0.3 is 6.11 Å². The van der Waals surface area contributed by atoms with Gasteiger partial charge in [-0.2, -0.15) is 8.78 Å². The maximum Gasteiger partial charge on any atom is 0.373 e. The Bertz CT molecular complexity index is 1990. The third-order valence-corrected chi connectivity index (χ3v) is 16.5. The summed E-state index contributed by atoms with van der Waals surface area (Å²) in [6.45, 7) is 15.5. The number of phenolic OH excluding ortho intramolecular Hbond substituents is 1. The minimum absolute atomic E-state index is 0.0149. The van der Waals surface area contributed by atoms with Crippen LogP contribution < -0.4 is 10.9 Å². The molecule has 4 aromatic rings. The highest BCUT2D eigenvalue weighted by molar-refractivity contribution is 7.13. The average molecular weight is 767 g/mol. The lowest BCUT2D eigenvalue weighted by atomic mass is 9.88. The predicted molar refractivity (Wildman–Crippen MR) is 209 cm³/mol. The smallest absolute Gasteiger partial charge is 0.373 e. The van der Waals surface area contributed by atoms with Gasteiger partial charge in [0.1, 0.15) is 12.3 Å². The molecule has 3 N–H and O–H groups in total. The van der Waals surface area contributed by atoms with Crippen molar-refractivity contribution in [1.82, 2.24) is 20.1 Å². The molecule has 6 rings (SSSR count). The molecule has 0 unspecified atom stereocenters. The number of aromatic nitrogens is 1. The minimum Gasteiger partial charge on any atom is -0.506 e. The largest absolute Gasteiger partial charge is 0.506 e. The highest BCUT2D eigenvalue weighted by Gasteiger charge is 2.52. The normalized spacial score (nSPS) is 18.5. The third-order valence-electron chi connectivity index (χ3n) is 11.0. The van der Waals surface area contributed by atoms with Crippen molar-refractivity contribution in [3.8, 4) is 5.75 Å². The van der Waals surface area contributed by atoms with E-state index in [-0.39, 0.29) is 34.9 Å². The van der Waals surface area contributed by atoms with Gasteiger partial charge in [-0.05, 0) is 91.8 Å². The molecule has 2 saturated heterocycles. The third kappa shape index (κ3) is 9.26. The number of benzene rings is 2. The molecule has 0 saturated carbocycles. The van der Waals surface area contributed by atoms with E-state index < -0.39 is 26.6 Å². The number of pyridine rings is 1. The van der Waals surface area contributed by atoms with Crippen LogP contribution in [0.5, 0.6) is 5.75 Å². The zero-order valence-corrected chi connectivity index (χ0v) is 33.4. The van der Waals surface area contributed by atoms with Crippen molar-refractivity contribution < 1.29 is 27.8 Å². The monoisotopic (exact) mass is 766 g/mol. The van der Waals surface area contributed by atoms with E-state index >= 15 is 0 Å². The topological polar surface area (TPSA) is 107 Å². The number of carbonyl (C=O) groups is 1. The first-order valence-electron chi connectivity index (χ1n) is 18.4. The summed E-state index contributed by atoms with van der Waals surface area (Å²) in [5, 5.41) is 14.9. The maximum absolute atomic E-state index is 14.9. The lowest BCUT2D eigenvalue weighted by Gasteiger charge is -2.49. The van der Waals surface area contributed by atoms with Gasteiger partial charge in [-0.25, -0.2) is 0 Å². The molecule has 9 nitrogen and oxygen atoms in total. The van der Waals surface area contributed by atoms with E-state index in [0.29, 0.717) is 56.0 Å². The van der Waals surface area contributed by atoms with Gasteiger partial charge < -0.3 is 29.5 Å². The molecule has 0 bridgehead atoms. The number of fused-ring (bicyclic) bond motifs is 1. The Morgan fingerprint density at radius 1 is 1.08 bits per heavy atom. The number of hydrogen-bond donors (Lipinski definition) is 3. The van der Waals surface area contributed by atoms with E-state index in [9.17, 15) is 23.5 Å². The average Bonchev–Trinajstić information content (AvgIpc) is 3.52. The first-order chi connectivity index (χ1) is 24.9. The van der Waals surface area contributed by atoms with Gasteiger partial charge in [0, 0.05) is 42.5 Å². The second-order valence-electron chi connectivity index (χ2n) is 16.2. The Hall–Kier alpha value is -3.46. The molecule has 286 valence electrons. The predicted octanol–water partition coefficient (Wildman–Crippen LogP) is 7.60. The number of nitrogens with one attached hydrogen (secondary N) is 2. The van der Waals surface area contributed by atoms with Gasteiger partial charge in [-0.1, -0.05) is 51.1 Å². The molecule has 1 amide bonds. The number of aromatic hydroxyl groups is 1. The second kappa shape index (κ2) is 15.3. The molecule has 0 aliphatic carbocycles. The van der Waals surface area contributed by atoms with E-state index in [0.717, 1.165) is 27.8 Å². The second-order valence-corrected chi connectivity index (χ2v) is 22.2. The number of H-pyrrole nitrogens is 1. The van der Waals surface area contributed by atoms with Gasteiger partial charge in [0.2, 0.25) is 5.56 Å². The van der Waals surface area contributed by atoms with Crippen molar-refractivity contribution >= 4 is 36.5 Å². The number of thiophene rings is 1. The van der Waals surface area contributed by atoms with Crippen LogP contribution in [0.25, 0.3) is 10.9 Å². The highest BCUT2D eigenvalue weighted by Crippen LogP contribution is 2.42. The number of carbonyl (C=O) groups excluding carboxylic acids is 1. The summed E-state index contributed by atoms with van der Waals surface area (Å²) in [4.78, 5) is 33.0. The molecular weight excluding hydrogens is 715 g/mol. The maximum atomic E-state index is 14.9. The van der Waals surface area contributed by atoms with Crippen LogP contribution >= 0.6 is 11.3 Å². The van der Waals surface area contributed by atoms with E-state index in [1.165, 1.54) is 27.9 Å². The lowest BCUT2D eigenvalue weighted by Crippen LogP contribution is -2.62. The number of rotatable bonds is 11. The van der Waals surface area contributed by atoms with Crippen LogP contribution in [0, 0.1) is 6.92 Å². The molecule has 13 heteroatoms. The van der Waals surface area contributed by atoms with Crippen LogP contribution in [0.2, 0.25) is 18.1 Å². The van der Waals surface area contributed by atoms with Crippen LogP contribution in [-0.2, 0) is 22.1 Å². The molecule has 0 radical (unpaired) electrons. The van der Waals surface area contributed by atoms with Gasteiger partial charge in [-0.15, -0.1) is 11.3 Å². The van der Waals surface area contributed by atoms with Crippen LogP contribution in [0.1, 0.15) is 71.0 Å². The van der Waals surface area contributed by atoms with Gasteiger partial charge in [0.15, 0.2) is 8.32 Å². The van der Waals surface area contributed by atoms with E-state index in [2.05, 4.69) is 73.3 Å². The van der Waals surface area contributed by atoms with E-state index in [1.54, 1.807) is 18.2 Å². The van der Waals surface area contributed by atoms with Crippen LogP contribution in [0.15, 0.2) is 65.5 Å². The van der Waals surface area contributed by atoms with Gasteiger partial charge in [0.25, 0.3) is 5.91 Å². The molecule has 2 aromatic carbocycles. The number of aromatic amines is 1. The zero-order valence-electron chi connectivity index (χ0n) is 31.6. The molecule has 2 fully saturated rings. The van der Waals surface area contributed by atoms with Gasteiger partial charge in [0.05, 0.1) is 28.6 Å². The first-order valence-corrected chi connectivity index (χ1v) is 22.1. The van der Waals surface area contributed by atoms with Crippen LogP contribution in [0.3, 0.4) is 0 Å². The number of piperidine rings is 1. The molecule has 1 atom stereocenters. The molecule has 2 aliphatic rings. The van der Waals surface area contributed by atoms with Crippen molar-refractivity contribution in [3.05, 3.63) is 97.5 Å². The number of nitrogens with zero attached hydrogens (tertiary/aromatic N) is 2. The summed E-state index contributed by atoms with van der Waals surface area (Å²) >= 11 is 1.33. The number of ether oxygens (including phenoxy) is 1. The van der Waals surface area contributed by atoms with E-state index in [1.807, 2.05) is 19.1 Å². The summed E-state index contributed by atoms with van der Waals surface area (Å²) in [5.74, 6) is -0.333. The summed E-state index contributed by atoms with van der Waals surface area (Å²) < 4.78 is 42.1. The summed E-state index contributed by atoms with van der Waals surface area (Å²) in [6, 6.07) is 18.7. The fourth-order valence-electron chi connectivity index (χ4n) is 7.13. The number of halogens is 2. The minimum atomic E-state index is -3.39. The SMILES string of the molecule is Cc1ccc(C(=O)N2CC(F)(F)OC3(CCN(Cc4cccc(CCNC[C@H](O[Si](C)(C)C(C)(C)C)c5ccc(O)c6[nH]c(=O)ccc56)c4)CC3)C2)s1. The number of likely N-dealkylation sites (tertiary alicyclic amines) is 1. The fraction of sp³-hybridized carbons (Fsp3) is 0.500. The Kier molecular flexibility index (Phi) is 11.4. The van der Waals surface area contributed by atoms with E-state index in [4.69, 9.17) is 9.16 Å². The number of morpholine rings is 1. The summed E-state index contributed by atoms with van der Waals surface area (Å²) in [7, 11) is -2.20. The number of hydrogen-bond acceptors (Lipinski definition) is 8. The number of alkyl halides is 2. The lowest BCUT2D eigenvalue weighted by molar-refractivity contribution is -0.332. The Balaban J connectivity index is 1.06. The van der Waals surface area contributed by atoms with Crippen molar-refractivity contribution in [3.63, 3.8) is 0 Å². The van der Waals surface area contributed by atoms with Crippen LogP contribution in [0.4, 0.5) is 8.78 Å². The number of aryl methyl sites for hydroxylation is 1.